The van der Waals surface area contributed by atoms with Crippen molar-refractivity contribution >= 4 is 0 Å². The summed E-state index contributed by atoms with van der Waals surface area (Å²) in [6.45, 7) is 8.99. The van der Waals surface area contributed by atoms with E-state index in [1.165, 1.54) is 0 Å². The van der Waals surface area contributed by atoms with Gasteiger partial charge in [-0.2, -0.15) is 0 Å². The van der Waals surface area contributed by atoms with E-state index in [1.54, 1.807) is 0 Å². The maximum Gasteiger partial charge on any atom is 0.0604 e. The van der Waals surface area contributed by atoms with Gasteiger partial charge >= 0.3 is 0 Å². The standard InChI is InChI=1S/C13H23NO/c1-4-12(3)14-10-13(11-15-5-2)8-6-7-9-13/h6-9,12,14H,4-5,10-11H2,1-3H3. The molecule has 1 aliphatic carbocycles. The number of allylic oxidation sites excluding steroid dienone is 2. The van der Waals surface area contributed by atoms with Crippen LogP contribution in [0.1, 0.15) is 27.2 Å². The van der Waals surface area contributed by atoms with Gasteiger partial charge in [-0.15, -0.1) is 0 Å². The van der Waals surface area contributed by atoms with Crippen molar-refractivity contribution in [2.24, 2.45) is 5.41 Å². The Hall–Kier alpha value is -0.600. The Kier molecular flexibility index (Phi) is 5.06. The molecule has 0 aromatic carbocycles. The third-order valence-corrected chi connectivity index (χ3v) is 2.93. The molecule has 1 N–H and O–H groups in total. The monoisotopic (exact) mass is 209 g/mol. The second-order valence-corrected chi connectivity index (χ2v) is 4.28. The lowest BCUT2D eigenvalue weighted by Gasteiger charge is -2.27. The molecule has 0 amide bonds. The molecule has 1 atom stereocenters. The van der Waals surface area contributed by atoms with E-state index >= 15 is 0 Å². The van der Waals surface area contributed by atoms with E-state index in [9.17, 15) is 0 Å². The summed E-state index contributed by atoms with van der Waals surface area (Å²) in [4.78, 5) is 0. The largest absolute Gasteiger partial charge is 0.380 e. The highest BCUT2D eigenvalue weighted by atomic mass is 16.5. The van der Waals surface area contributed by atoms with Crippen LogP contribution < -0.4 is 5.32 Å². The number of ether oxygens (including phenoxy) is 1. The van der Waals surface area contributed by atoms with Crippen molar-refractivity contribution in [3.8, 4) is 0 Å². The van der Waals surface area contributed by atoms with Gasteiger partial charge in [-0.25, -0.2) is 0 Å². The number of hydrogen-bond acceptors (Lipinski definition) is 2. The molecule has 0 aliphatic heterocycles. The molecule has 0 aromatic heterocycles. The quantitative estimate of drug-likeness (QED) is 0.695. The van der Waals surface area contributed by atoms with E-state index in [2.05, 4.69) is 43.5 Å². The summed E-state index contributed by atoms with van der Waals surface area (Å²) in [6.07, 6.45) is 9.85. The molecule has 1 rings (SSSR count). The fraction of sp³-hybridized carbons (Fsp3) is 0.692. The first-order chi connectivity index (χ1) is 7.22. The van der Waals surface area contributed by atoms with Gasteiger partial charge in [-0.3, -0.25) is 0 Å². The second kappa shape index (κ2) is 6.09. The molecule has 0 saturated carbocycles. The Morgan fingerprint density at radius 2 is 1.93 bits per heavy atom. The summed E-state index contributed by atoms with van der Waals surface area (Å²) in [5.41, 5.74) is 0.0828. The molecule has 2 heteroatoms. The van der Waals surface area contributed by atoms with Gasteiger partial charge in [0.15, 0.2) is 0 Å². The topological polar surface area (TPSA) is 21.3 Å². The van der Waals surface area contributed by atoms with Gasteiger partial charge in [0.05, 0.1) is 6.61 Å². The van der Waals surface area contributed by atoms with Crippen molar-refractivity contribution in [3.63, 3.8) is 0 Å². The highest BCUT2D eigenvalue weighted by molar-refractivity contribution is 5.25. The van der Waals surface area contributed by atoms with Crippen LogP contribution in [0.2, 0.25) is 0 Å². The number of nitrogens with one attached hydrogen (secondary N) is 1. The minimum Gasteiger partial charge on any atom is -0.380 e. The maximum atomic E-state index is 5.54. The summed E-state index contributed by atoms with van der Waals surface area (Å²) in [5.74, 6) is 0. The summed E-state index contributed by atoms with van der Waals surface area (Å²) < 4.78 is 5.54. The zero-order chi connectivity index (χ0) is 11.1. The van der Waals surface area contributed by atoms with Crippen LogP contribution >= 0.6 is 0 Å². The molecular weight excluding hydrogens is 186 g/mol. The fourth-order valence-corrected chi connectivity index (χ4v) is 1.62. The van der Waals surface area contributed by atoms with E-state index in [-0.39, 0.29) is 5.41 Å². The lowest BCUT2D eigenvalue weighted by Crippen LogP contribution is -2.38. The van der Waals surface area contributed by atoms with E-state index in [0.717, 1.165) is 26.2 Å². The fourth-order valence-electron chi connectivity index (χ4n) is 1.62. The van der Waals surface area contributed by atoms with Crippen LogP contribution in [0.5, 0.6) is 0 Å². The zero-order valence-corrected chi connectivity index (χ0v) is 10.1. The average molecular weight is 209 g/mol. The summed E-state index contributed by atoms with van der Waals surface area (Å²) in [7, 11) is 0. The molecule has 86 valence electrons. The predicted octanol–water partition coefficient (Wildman–Crippen LogP) is 2.52. The Morgan fingerprint density at radius 1 is 1.27 bits per heavy atom. The highest BCUT2D eigenvalue weighted by Gasteiger charge is 2.26. The van der Waals surface area contributed by atoms with Crippen molar-refractivity contribution in [3.05, 3.63) is 24.3 Å². The van der Waals surface area contributed by atoms with Crippen LogP contribution in [-0.2, 0) is 4.74 Å². The molecule has 0 aromatic rings. The van der Waals surface area contributed by atoms with E-state index < -0.39 is 0 Å². The Labute approximate surface area is 93.4 Å². The number of rotatable bonds is 7. The van der Waals surface area contributed by atoms with Crippen molar-refractivity contribution in [2.75, 3.05) is 19.8 Å². The first-order valence-electron chi connectivity index (χ1n) is 5.90. The minimum atomic E-state index is 0.0828. The predicted molar refractivity (Wildman–Crippen MR) is 65.0 cm³/mol. The van der Waals surface area contributed by atoms with E-state index in [0.29, 0.717) is 6.04 Å². The smallest absolute Gasteiger partial charge is 0.0604 e. The van der Waals surface area contributed by atoms with Crippen LogP contribution in [0.4, 0.5) is 0 Å². The summed E-state index contributed by atoms with van der Waals surface area (Å²) >= 11 is 0. The van der Waals surface area contributed by atoms with Crippen LogP contribution in [0.25, 0.3) is 0 Å². The summed E-state index contributed by atoms with van der Waals surface area (Å²) in [6, 6.07) is 0.575. The third kappa shape index (κ3) is 3.80. The van der Waals surface area contributed by atoms with Gasteiger partial charge in [0.25, 0.3) is 0 Å². The van der Waals surface area contributed by atoms with Crippen molar-refractivity contribution in [2.45, 2.75) is 33.2 Å². The Bertz CT molecular complexity index is 221. The molecule has 1 unspecified atom stereocenters. The van der Waals surface area contributed by atoms with Gasteiger partial charge in [-0.1, -0.05) is 31.2 Å². The van der Waals surface area contributed by atoms with Crippen LogP contribution in [0, 0.1) is 5.41 Å². The van der Waals surface area contributed by atoms with Gasteiger partial charge in [-0.05, 0) is 20.3 Å². The first-order valence-corrected chi connectivity index (χ1v) is 5.90. The minimum absolute atomic E-state index is 0.0828. The molecule has 0 fully saturated rings. The van der Waals surface area contributed by atoms with Crippen molar-refractivity contribution in [1.82, 2.24) is 5.32 Å². The molecule has 0 saturated heterocycles. The van der Waals surface area contributed by atoms with Crippen LogP contribution in [0.3, 0.4) is 0 Å². The van der Waals surface area contributed by atoms with Crippen LogP contribution in [-0.4, -0.2) is 25.8 Å². The van der Waals surface area contributed by atoms with Crippen LogP contribution in [0.15, 0.2) is 24.3 Å². The molecule has 0 bridgehead atoms. The van der Waals surface area contributed by atoms with Crippen molar-refractivity contribution in [1.29, 1.82) is 0 Å². The molecule has 0 radical (unpaired) electrons. The normalized spacial score (nSPS) is 19.7. The molecule has 15 heavy (non-hydrogen) atoms. The maximum absolute atomic E-state index is 5.54. The second-order valence-electron chi connectivity index (χ2n) is 4.28. The molecule has 0 spiro atoms. The first kappa shape index (κ1) is 12.5. The van der Waals surface area contributed by atoms with Crippen molar-refractivity contribution < 1.29 is 4.74 Å². The molecule has 2 nitrogen and oxygen atoms in total. The molecular formula is C13H23NO. The van der Waals surface area contributed by atoms with Gasteiger partial charge in [0, 0.05) is 24.6 Å². The lowest BCUT2D eigenvalue weighted by molar-refractivity contribution is 0.0969. The van der Waals surface area contributed by atoms with Gasteiger partial charge in [0.1, 0.15) is 0 Å². The SMILES string of the molecule is CCOCC1(CNC(C)CC)C=CC=C1. The summed E-state index contributed by atoms with van der Waals surface area (Å²) in [5, 5.41) is 3.54. The highest BCUT2D eigenvalue weighted by Crippen LogP contribution is 2.25. The van der Waals surface area contributed by atoms with E-state index in [1.807, 2.05) is 6.92 Å². The third-order valence-electron chi connectivity index (χ3n) is 2.93. The lowest BCUT2D eigenvalue weighted by atomic mass is 9.91. The van der Waals surface area contributed by atoms with E-state index in [4.69, 9.17) is 4.74 Å². The van der Waals surface area contributed by atoms with Gasteiger partial charge < -0.3 is 10.1 Å². The Morgan fingerprint density at radius 3 is 2.47 bits per heavy atom. The number of hydrogen-bond donors (Lipinski definition) is 1. The van der Waals surface area contributed by atoms with Gasteiger partial charge in [0.2, 0.25) is 0 Å². The zero-order valence-electron chi connectivity index (χ0n) is 10.1. The Balaban J connectivity index is 2.44. The molecule has 0 heterocycles. The average Bonchev–Trinajstić information content (AvgIpc) is 2.72. The molecule has 1 aliphatic rings.